The van der Waals surface area contributed by atoms with Crippen molar-refractivity contribution in [2.24, 2.45) is 5.84 Å². The van der Waals surface area contributed by atoms with Gasteiger partial charge in [-0.15, -0.1) is 0 Å². The Morgan fingerprint density at radius 3 is 2.50 bits per heavy atom. The van der Waals surface area contributed by atoms with Gasteiger partial charge in [-0.05, 0) is 37.2 Å². The summed E-state index contributed by atoms with van der Waals surface area (Å²) in [6.45, 7) is 3.88. The zero-order valence-electron chi connectivity index (χ0n) is 10.4. The van der Waals surface area contributed by atoms with Crippen LogP contribution in [-0.4, -0.2) is 41.2 Å². The van der Waals surface area contributed by atoms with Crippen LogP contribution in [0.3, 0.4) is 0 Å². The third-order valence-corrected chi connectivity index (χ3v) is 3.47. The van der Waals surface area contributed by atoms with Crippen molar-refractivity contribution in [3.05, 3.63) is 24.4 Å². The minimum absolute atomic E-state index is 0.640. The Morgan fingerprint density at radius 1 is 1.22 bits per heavy atom. The molecule has 2 rings (SSSR count). The molecule has 1 aromatic heterocycles. The Bertz CT molecular complexity index is 373. The number of nitrogens with two attached hydrogens (primary N) is 1. The molecular weight excluding hydrogens is 246 g/mol. The number of rotatable bonds is 1. The lowest BCUT2D eigenvalue weighted by Gasteiger charge is -2.32. The monoisotopic (exact) mass is 265 g/mol. The average molecular weight is 265 g/mol. The number of thiocarbonyl (C=S) groups is 1. The van der Waals surface area contributed by atoms with Crippen LogP contribution in [0.5, 0.6) is 0 Å². The van der Waals surface area contributed by atoms with E-state index in [0.717, 1.165) is 44.8 Å². The van der Waals surface area contributed by atoms with Gasteiger partial charge >= 0.3 is 0 Å². The highest BCUT2D eigenvalue weighted by atomic mass is 32.1. The van der Waals surface area contributed by atoms with Crippen LogP contribution in [0, 0.1) is 0 Å². The van der Waals surface area contributed by atoms with E-state index in [1.807, 2.05) is 18.3 Å². The first-order valence-corrected chi connectivity index (χ1v) is 6.63. The van der Waals surface area contributed by atoms with E-state index in [1.54, 1.807) is 0 Å². The fourth-order valence-electron chi connectivity index (χ4n) is 2.19. The molecule has 6 heteroatoms. The summed E-state index contributed by atoms with van der Waals surface area (Å²) in [4.78, 5) is 8.86. The van der Waals surface area contributed by atoms with Gasteiger partial charge in [-0.25, -0.2) is 10.8 Å². The summed E-state index contributed by atoms with van der Waals surface area (Å²) in [7, 11) is 0. The average Bonchev–Trinajstić information content (AvgIpc) is 2.39. The highest BCUT2D eigenvalue weighted by Crippen LogP contribution is 2.13. The summed E-state index contributed by atoms with van der Waals surface area (Å²) in [5.41, 5.74) is 2.56. The van der Waals surface area contributed by atoms with Gasteiger partial charge in [0.25, 0.3) is 0 Å². The normalized spacial score (nSPS) is 16.9. The summed E-state index contributed by atoms with van der Waals surface area (Å²) < 4.78 is 0. The van der Waals surface area contributed by atoms with Crippen molar-refractivity contribution in [3.8, 4) is 0 Å². The summed E-state index contributed by atoms with van der Waals surface area (Å²) in [6, 6.07) is 6.03. The molecule has 0 amide bonds. The smallest absolute Gasteiger partial charge is 0.183 e. The number of nitrogens with zero attached hydrogens (tertiary/aromatic N) is 3. The van der Waals surface area contributed by atoms with Crippen LogP contribution in [0.25, 0.3) is 0 Å². The molecule has 2 heterocycles. The summed E-state index contributed by atoms with van der Waals surface area (Å²) in [5.74, 6) is 6.42. The second-order valence-electron chi connectivity index (χ2n) is 4.32. The van der Waals surface area contributed by atoms with E-state index >= 15 is 0 Å². The molecule has 3 N–H and O–H groups in total. The summed E-state index contributed by atoms with van der Waals surface area (Å²) in [6.07, 6.45) is 3.95. The molecule has 0 atom stereocenters. The molecule has 0 aliphatic carbocycles. The van der Waals surface area contributed by atoms with Crippen molar-refractivity contribution in [2.75, 3.05) is 31.1 Å². The predicted molar refractivity (Wildman–Crippen MR) is 77.2 cm³/mol. The first-order chi connectivity index (χ1) is 8.81. The number of anilines is 1. The number of hydrazine groups is 1. The quantitative estimate of drug-likeness (QED) is 0.443. The molecule has 0 saturated carbocycles. The molecule has 0 bridgehead atoms. The number of aromatic nitrogens is 1. The molecule has 0 unspecified atom stereocenters. The first kappa shape index (κ1) is 13.0. The third-order valence-electron chi connectivity index (χ3n) is 3.10. The first-order valence-electron chi connectivity index (χ1n) is 6.23. The standard InChI is InChI=1S/C12H19N5S/c13-15-12(18)17-9-3-7-16(8-4-10-17)11-5-1-2-6-14-11/h1-2,5-6H,3-4,7-10,13H2,(H,15,18). The molecule has 0 radical (unpaired) electrons. The number of pyridine rings is 1. The van der Waals surface area contributed by atoms with Crippen LogP contribution in [0.1, 0.15) is 12.8 Å². The molecule has 5 nitrogen and oxygen atoms in total. The van der Waals surface area contributed by atoms with Crippen LogP contribution < -0.4 is 16.2 Å². The van der Waals surface area contributed by atoms with Crippen LogP contribution in [-0.2, 0) is 0 Å². The molecule has 1 saturated heterocycles. The second-order valence-corrected chi connectivity index (χ2v) is 4.71. The number of nitrogens with one attached hydrogen (secondary N) is 1. The van der Waals surface area contributed by atoms with Crippen LogP contribution in [0.2, 0.25) is 0 Å². The Kier molecular flexibility index (Phi) is 4.72. The zero-order chi connectivity index (χ0) is 12.8. The number of hydrogen-bond donors (Lipinski definition) is 2. The van der Waals surface area contributed by atoms with Gasteiger partial charge in [0.05, 0.1) is 0 Å². The van der Waals surface area contributed by atoms with Crippen molar-refractivity contribution in [3.63, 3.8) is 0 Å². The predicted octanol–water partition coefficient (Wildman–Crippen LogP) is 0.732. The van der Waals surface area contributed by atoms with Gasteiger partial charge in [-0.2, -0.15) is 0 Å². The van der Waals surface area contributed by atoms with Crippen LogP contribution >= 0.6 is 12.2 Å². The lowest BCUT2D eigenvalue weighted by molar-refractivity contribution is 0.379. The molecule has 0 spiro atoms. The second kappa shape index (κ2) is 6.51. The molecule has 1 fully saturated rings. The highest BCUT2D eigenvalue weighted by molar-refractivity contribution is 7.80. The molecule has 1 aromatic rings. The fourth-order valence-corrected chi connectivity index (χ4v) is 2.38. The summed E-state index contributed by atoms with van der Waals surface area (Å²) in [5, 5.41) is 0.640. The van der Waals surface area contributed by atoms with E-state index in [2.05, 4.69) is 26.3 Å². The Morgan fingerprint density at radius 2 is 1.94 bits per heavy atom. The van der Waals surface area contributed by atoms with E-state index in [-0.39, 0.29) is 0 Å². The van der Waals surface area contributed by atoms with Crippen molar-refractivity contribution in [1.82, 2.24) is 15.3 Å². The SMILES string of the molecule is NNC(=S)N1CCCN(c2ccccn2)CCC1. The maximum Gasteiger partial charge on any atom is 0.183 e. The minimum Gasteiger partial charge on any atom is -0.356 e. The van der Waals surface area contributed by atoms with Gasteiger partial charge in [0.1, 0.15) is 5.82 Å². The Balaban J connectivity index is 1.92. The maximum atomic E-state index is 5.36. The summed E-state index contributed by atoms with van der Waals surface area (Å²) >= 11 is 5.17. The molecular formula is C12H19N5S. The van der Waals surface area contributed by atoms with Crippen LogP contribution in [0.15, 0.2) is 24.4 Å². The van der Waals surface area contributed by atoms with Gasteiger partial charge in [-0.3, -0.25) is 0 Å². The Labute approximate surface area is 113 Å². The highest BCUT2D eigenvalue weighted by Gasteiger charge is 2.15. The van der Waals surface area contributed by atoms with E-state index in [9.17, 15) is 0 Å². The lowest BCUT2D eigenvalue weighted by atomic mass is 10.2. The van der Waals surface area contributed by atoms with Gasteiger partial charge in [0, 0.05) is 32.4 Å². The van der Waals surface area contributed by atoms with E-state index in [1.165, 1.54) is 0 Å². The zero-order valence-corrected chi connectivity index (χ0v) is 11.2. The molecule has 0 aromatic carbocycles. The van der Waals surface area contributed by atoms with Gasteiger partial charge < -0.3 is 15.2 Å². The molecule has 98 valence electrons. The van der Waals surface area contributed by atoms with Gasteiger partial charge in [0.15, 0.2) is 5.11 Å². The maximum absolute atomic E-state index is 5.36. The molecule has 1 aliphatic rings. The number of hydrogen-bond acceptors (Lipinski definition) is 4. The minimum atomic E-state index is 0.640. The molecule has 18 heavy (non-hydrogen) atoms. The van der Waals surface area contributed by atoms with Crippen LogP contribution in [0.4, 0.5) is 5.82 Å². The van der Waals surface area contributed by atoms with Crippen molar-refractivity contribution >= 4 is 23.1 Å². The largest absolute Gasteiger partial charge is 0.356 e. The van der Waals surface area contributed by atoms with Gasteiger partial charge in [-0.1, -0.05) is 6.07 Å². The molecule has 1 aliphatic heterocycles. The lowest BCUT2D eigenvalue weighted by Crippen LogP contribution is -2.46. The van der Waals surface area contributed by atoms with Crippen molar-refractivity contribution in [2.45, 2.75) is 12.8 Å². The van der Waals surface area contributed by atoms with E-state index < -0.39 is 0 Å². The van der Waals surface area contributed by atoms with Crippen molar-refractivity contribution < 1.29 is 0 Å². The fraction of sp³-hybridized carbons (Fsp3) is 0.500. The topological polar surface area (TPSA) is 57.4 Å². The van der Waals surface area contributed by atoms with E-state index in [4.69, 9.17) is 18.1 Å². The van der Waals surface area contributed by atoms with Gasteiger partial charge in [0.2, 0.25) is 0 Å². The van der Waals surface area contributed by atoms with Crippen molar-refractivity contribution in [1.29, 1.82) is 0 Å². The Hall–Kier alpha value is -1.40. The third kappa shape index (κ3) is 3.30. The van der Waals surface area contributed by atoms with E-state index in [0.29, 0.717) is 5.11 Å².